The number of H-pyrrole nitrogens is 1. The van der Waals surface area contributed by atoms with Gasteiger partial charge in [0.2, 0.25) is 0 Å². The van der Waals surface area contributed by atoms with Gasteiger partial charge in [-0.05, 0) is 93.0 Å². The highest BCUT2D eigenvalue weighted by Gasteiger charge is 2.36. The van der Waals surface area contributed by atoms with Gasteiger partial charge in [-0.1, -0.05) is 6.07 Å². The molecule has 0 radical (unpaired) electrons. The molecule has 0 spiro atoms. The number of carbonyl (C=O) groups excluding carboxylic acids is 1. The second-order valence-electron chi connectivity index (χ2n) is 11.4. The van der Waals surface area contributed by atoms with Crippen molar-refractivity contribution in [1.82, 2.24) is 24.8 Å². The number of anilines is 1. The number of nitrogens with zero attached hydrogens (tertiary/aromatic N) is 5. The number of benzene rings is 1. The molecule has 2 aliphatic heterocycles. The monoisotopic (exact) mass is 510 g/mol. The molecule has 0 unspecified atom stereocenters. The molecule has 0 bridgehead atoms. The predicted molar refractivity (Wildman–Crippen MR) is 148 cm³/mol. The molecule has 0 aliphatic carbocycles. The molecule has 8 nitrogen and oxygen atoms in total. The first-order valence-electron chi connectivity index (χ1n) is 13.4. The van der Waals surface area contributed by atoms with Gasteiger partial charge in [0.1, 0.15) is 23.4 Å². The van der Waals surface area contributed by atoms with E-state index in [1.807, 2.05) is 44.1 Å². The van der Waals surface area contributed by atoms with Crippen molar-refractivity contribution in [2.45, 2.75) is 65.1 Å². The molecule has 196 valence electrons. The van der Waals surface area contributed by atoms with E-state index in [1.54, 1.807) is 12.5 Å². The molecule has 1 fully saturated rings. The maximum atomic E-state index is 13.3. The topological polar surface area (TPSA) is 87.2 Å². The number of aromatic amines is 1. The van der Waals surface area contributed by atoms with Crippen LogP contribution in [0.1, 0.15) is 61.9 Å². The summed E-state index contributed by atoms with van der Waals surface area (Å²) >= 11 is 0. The lowest BCUT2D eigenvalue weighted by molar-refractivity contribution is 0.0224. The zero-order chi connectivity index (χ0) is 26.4. The molecule has 38 heavy (non-hydrogen) atoms. The highest BCUT2D eigenvalue weighted by Crippen LogP contribution is 2.41. The van der Waals surface area contributed by atoms with E-state index in [0.717, 1.165) is 60.3 Å². The van der Waals surface area contributed by atoms with Gasteiger partial charge in [-0.25, -0.2) is 19.7 Å². The van der Waals surface area contributed by atoms with Gasteiger partial charge in [-0.2, -0.15) is 0 Å². The molecule has 6 rings (SSSR count). The molecular formula is C30H34N6O2. The predicted octanol–water partition coefficient (Wildman–Crippen LogP) is 5.96. The lowest BCUT2D eigenvalue weighted by atomic mass is 9.86. The summed E-state index contributed by atoms with van der Waals surface area (Å²) in [5, 5.41) is 1.13. The lowest BCUT2D eigenvalue weighted by Gasteiger charge is -2.35. The Labute approximate surface area is 223 Å². The Balaban J connectivity index is 1.44. The van der Waals surface area contributed by atoms with Crippen molar-refractivity contribution in [1.29, 1.82) is 0 Å². The standard InChI is InChI=1S/C30H34N6O2/c1-19-15-32-28-23(19)14-22(16-33-28)21-12-20-8-11-35(27-7-9-31-18-34-27)17-25(20)24(13-21)26-6-5-10-36(26)29(37)38-30(2,3)4/h7,9,12-16,18,26H,5-6,8,10-11,17H2,1-4H3,(H,32,33)/t26-/m0/s1. The van der Waals surface area contributed by atoms with Gasteiger partial charge in [-0.15, -0.1) is 0 Å². The second kappa shape index (κ2) is 9.42. The minimum Gasteiger partial charge on any atom is -0.444 e. The lowest BCUT2D eigenvalue weighted by Crippen LogP contribution is -2.38. The van der Waals surface area contributed by atoms with Crippen molar-refractivity contribution in [3.05, 3.63) is 71.4 Å². The Hall–Kier alpha value is -3.94. The minimum atomic E-state index is -0.537. The molecule has 1 amide bonds. The van der Waals surface area contributed by atoms with Crippen LogP contribution >= 0.6 is 0 Å². The normalized spacial score (nSPS) is 17.6. The van der Waals surface area contributed by atoms with Crippen LogP contribution in [0.2, 0.25) is 0 Å². The molecule has 0 saturated carbocycles. The Morgan fingerprint density at radius 2 is 2.00 bits per heavy atom. The van der Waals surface area contributed by atoms with Crippen LogP contribution in [0.25, 0.3) is 22.2 Å². The number of rotatable bonds is 3. The van der Waals surface area contributed by atoms with E-state index in [0.29, 0.717) is 6.54 Å². The highest BCUT2D eigenvalue weighted by molar-refractivity contribution is 5.84. The molecule has 3 aromatic heterocycles. The van der Waals surface area contributed by atoms with Gasteiger partial charge < -0.3 is 19.5 Å². The molecule has 4 aromatic rings. The van der Waals surface area contributed by atoms with Gasteiger partial charge in [0, 0.05) is 49.2 Å². The number of ether oxygens (including phenoxy) is 1. The Morgan fingerprint density at radius 1 is 1.13 bits per heavy atom. The first-order valence-corrected chi connectivity index (χ1v) is 13.4. The summed E-state index contributed by atoms with van der Waals surface area (Å²) in [6.07, 6.45) is 9.86. The van der Waals surface area contributed by atoms with Crippen molar-refractivity contribution in [3.8, 4) is 11.1 Å². The van der Waals surface area contributed by atoms with Gasteiger partial charge >= 0.3 is 6.09 Å². The van der Waals surface area contributed by atoms with Gasteiger partial charge in [0.15, 0.2) is 0 Å². The van der Waals surface area contributed by atoms with Crippen LogP contribution in [0.5, 0.6) is 0 Å². The molecule has 1 atom stereocenters. The number of aryl methyl sites for hydroxylation is 1. The van der Waals surface area contributed by atoms with Crippen LogP contribution in [-0.4, -0.2) is 49.6 Å². The number of fused-ring (bicyclic) bond motifs is 2. The third kappa shape index (κ3) is 4.59. The molecule has 1 saturated heterocycles. The summed E-state index contributed by atoms with van der Waals surface area (Å²) in [6, 6.07) is 8.74. The van der Waals surface area contributed by atoms with E-state index in [-0.39, 0.29) is 12.1 Å². The summed E-state index contributed by atoms with van der Waals surface area (Å²) in [6.45, 7) is 10.2. The van der Waals surface area contributed by atoms with Gasteiger partial charge in [0.25, 0.3) is 0 Å². The van der Waals surface area contributed by atoms with E-state index in [1.165, 1.54) is 22.3 Å². The molecule has 2 aliphatic rings. The Kier molecular flexibility index (Phi) is 6.05. The molecule has 5 heterocycles. The molecule has 8 heteroatoms. The highest BCUT2D eigenvalue weighted by atomic mass is 16.6. The van der Waals surface area contributed by atoms with Crippen LogP contribution in [0, 0.1) is 6.92 Å². The summed E-state index contributed by atoms with van der Waals surface area (Å²) in [5.41, 5.74) is 7.58. The van der Waals surface area contributed by atoms with Gasteiger partial charge in [0.05, 0.1) is 6.04 Å². The smallest absolute Gasteiger partial charge is 0.410 e. The van der Waals surface area contributed by atoms with Crippen molar-refractivity contribution < 1.29 is 9.53 Å². The number of nitrogens with one attached hydrogen (secondary N) is 1. The van der Waals surface area contributed by atoms with E-state index in [9.17, 15) is 4.79 Å². The maximum Gasteiger partial charge on any atom is 0.410 e. The fourth-order valence-corrected chi connectivity index (χ4v) is 5.75. The third-order valence-corrected chi connectivity index (χ3v) is 7.58. The largest absolute Gasteiger partial charge is 0.444 e. The van der Waals surface area contributed by atoms with Crippen molar-refractivity contribution in [2.75, 3.05) is 18.0 Å². The summed E-state index contributed by atoms with van der Waals surface area (Å²) < 4.78 is 5.82. The average Bonchev–Trinajstić information content (AvgIpc) is 3.54. The maximum absolute atomic E-state index is 13.3. The first-order chi connectivity index (χ1) is 18.3. The third-order valence-electron chi connectivity index (χ3n) is 7.58. The van der Waals surface area contributed by atoms with Crippen molar-refractivity contribution >= 4 is 22.9 Å². The number of aromatic nitrogens is 4. The molecular weight excluding hydrogens is 476 g/mol. The summed E-state index contributed by atoms with van der Waals surface area (Å²) in [7, 11) is 0. The van der Waals surface area contributed by atoms with Crippen LogP contribution in [0.15, 0.2) is 49.2 Å². The first kappa shape index (κ1) is 24.4. The fourth-order valence-electron chi connectivity index (χ4n) is 5.75. The quantitative estimate of drug-likeness (QED) is 0.366. The zero-order valence-electron chi connectivity index (χ0n) is 22.5. The number of likely N-dealkylation sites (tertiary alicyclic amines) is 1. The van der Waals surface area contributed by atoms with Crippen LogP contribution < -0.4 is 4.90 Å². The Morgan fingerprint density at radius 3 is 2.79 bits per heavy atom. The Bertz CT molecular complexity index is 1490. The SMILES string of the molecule is Cc1c[nH]c2ncc(-c3cc4c(c([C@@H]5CCCN5C(=O)OC(C)(C)C)c3)CN(c3ccncn3)CC4)cc12. The fraction of sp³-hybridized carbons (Fsp3) is 0.400. The van der Waals surface area contributed by atoms with Crippen LogP contribution in [-0.2, 0) is 17.7 Å². The average molecular weight is 511 g/mol. The number of hydrogen-bond donors (Lipinski definition) is 1. The van der Waals surface area contributed by atoms with Crippen LogP contribution in [0.3, 0.4) is 0 Å². The minimum absolute atomic E-state index is 0.0328. The number of amides is 1. The van der Waals surface area contributed by atoms with E-state index in [2.05, 4.69) is 45.0 Å². The van der Waals surface area contributed by atoms with E-state index >= 15 is 0 Å². The molecule has 1 aromatic carbocycles. The van der Waals surface area contributed by atoms with Gasteiger partial charge in [-0.3, -0.25) is 0 Å². The van der Waals surface area contributed by atoms with Crippen molar-refractivity contribution in [3.63, 3.8) is 0 Å². The van der Waals surface area contributed by atoms with E-state index in [4.69, 9.17) is 9.72 Å². The van der Waals surface area contributed by atoms with Crippen molar-refractivity contribution in [2.24, 2.45) is 0 Å². The van der Waals surface area contributed by atoms with Crippen LogP contribution in [0.4, 0.5) is 10.6 Å². The summed E-state index contributed by atoms with van der Waals surface area (Å²) in [5.74, 6) is 0.925. The summed E-state index contributed by atoms with van der Waals surface area (Å²) in [4.78, 5) is 34.0. The second-order valence-corrected chi connectivity index (χ2v) is 11.4. The van der Waals surface area contributed by atoms with E-state index < -0.39 is 5.60 Å². The number of pyridine rings is 1. The number of hydrogen-bond acceptors (Lipinski definition) is 6. The zero-order valence-corrected chi connectivity index (χ0v) is 22.5. The number of carbonyl (C=O) groups is 1. The molecule has 1 N–H and O–H groups in total.